The summed E-state index contributed by atoms with van der Waals surface area (Å²) < 4.78 is 32.4. The predicted octanol–water partition coefficient (Wildman–Crippen LogP) is 2.79. The summed E-state index contributed by atoms with van der Waals surface area (Å²) in [5.74, 6) is 0.718. The molecule has 0 aliphatic heterocycles. The predicted molar refractivity (Wildman–Crippen MR) is 102 cm³/mol. The van der Waals surface area contributed by atoms with Crippen molar-refractivity contribution in [1.29, 1.82) is 0 Å². The molecule has 6 nitrogen and oxygen atoms in total. The lowest BCUT2D eigenvalue weighted by atomic mass is 10.1. The molecule has 1 N–H and O–H groups in total. The van der Waals surface area contributed by atoms with Crippen LogP contribution in [0.25, 0.3) is 0 Å². The number of benzene rings is 1. The van der Waals surface area contributed by atoms with Crippen LogP contribution >= 0.6 is 0 Å². The van der Waals surface area contributed by atoms with Gasteiger partial charge in [-0.2, -0.15) is 4.31 Å². The van der Waals surface area contributed by atoms with Crippen LogP contribution in [0.1, 0.15) is 46.0 Å². The lowest BCUT2D eigenvalue weighted by Crippen LogP contribution is -2.44. The minimum Gasteiger partial charge on any atom is -0.497 e. The van der Waals surface area contributed by atoms with Gasteiger partial charge in [0.1, 0.15) is 5.75 Å². The van der Waals surface area contributed by atoms with Crippen molar-refractivity contribution in [2.45, 2.75) is 56.9 Å². The van der Waals surface area contributed by atoms with E-state index in [9.17, 15) is 13.2 Å². The third kappa shape index (κ3) is 5.71. The summed E-state index contributed by atoms with van der Waals surface area (Å²) in [6, 6.07) is 6.45. The van der Waals surface area contributed by atoms with Gasteiger partial charge in [-0.1, -0.05) is 26.7 Å². The van der Waals surface area contributed by atoms with Crippen molar-refractivity contribution >= 4 is 15.9 Å². The van der Waals surface area contributed by atoms with Gasteiger partial charge in [0.25, 0.3) is 0 Å². The van der Waals surface area contributed by atoms with E-state index < -0.39 is 10.0 Å². The first-order chi connectivity index (χ1) is 12.3. The Morgan fingerprint density at radius 3 is 2.38 bits per heavy atom. The number of carbonyl (C=O) groups excluding carboxylic acids is 1. The Morgan fingerprint density at radius 2 is 1.85 bits per heavy atom. The lowest BCUT2D eigenvalue weighted by molar-refractivity contribution is -0.122. The Balaban J connectivity index is 2.13. The Morgan fingerprint density at radius 1 is 1.23 bits per heavy atom. The maximum Gasteiger partial charge on any atom is 0.243 e. The van der Waals surface area contributed by atoms with E-state index in [1.54, 1.807) is 12.1 Å². The highest BCUT2D eigenvalue weighted by Crippen LogP contribution is 2.21. The molecule has 0 saturated heterocycles. The Hall–Kier alpha value is -1.60. The number of carbonyl (C=O) groups is 1. The zero-order valence-corrected chi connectivity index (χ0v) is 16.7. The fourth-order valence-electron chi connectivity index (χ4n) is 3.09. The Labute approximate surface area is 157 Å². The number of nitrogens with one attached hydrogen (secondary N) is 1. The van der Waals surface area contributed by atoms with Crippen molar-refractivity contribution in [1.82, 2.24) is 9.62 Å². The lowest BCUT2D eigenvalue weighted by Gasteiger charge is -2.23. The molecule has 0 unspecified atom stereocenters. The molecule has 1 fully saturated rings. The normalized spacial score (nSPS) is 15.6. The van der Waals surface area contributed by atoms with Gasteiger partial charge in [0.15, 0.2) is 0 Å². The molecule has 1 aromatic carbocycles. The van der Waals surface area contributed by atoms with Gasteiger partial charge in [-0.25, -0.2) is 8.42 Å². The van der Waals surface area contributed by atoms with Gasteiger partial charge < -0.3 is 10.1 Å². The van der Waals surface area contributed by atoms with Crippen LogP contribution in [0.15, 0.2) is 29.2 Å². The van der Waals surface area contributed by atoms with E-state index in [-0.39, 0.29) is 23.4 Å². The number of sulfonamides is 1. The van der Waals surface area contributed by atoms with Crippen molar-refractivity contribution in [2.24, 2.45) is 5.92 Å². The van der Waals surface area contributed by atoms with Gasteiger partial charge in [-0.3, -0.25) is 4.79 Å². The molecule has 0 aromatic heterocycles. The fraction of sp³-hybridized carbons (Fsp3) is 0.632. The molecule has 0 heterocycles. The van der Waals surface area contributed by atoms with E-state index in [2.05, 4.69) is 5.32 Å². The summed E-state index contributed by atoms with van der Waals surface area (Å²) in [4.78, 5) is 12.6. The van der Waals surface area contributed by atoms with Crippen molar-refractivity contribution in [2.75, 3.05) is 20.2 Å². The van der Waals surface area contributed by atoms with Gasteiger partial charge in [-0.15, -0.1) is 0 Å². The van der Waals surface area contributed by atoms with Gasteiger partial charge in [0.2, 0.25) is 15.9 Å². The molecule has 0 spiro atoms. The summed E-state index contributed by atoms with van der Waals surface area (Å²) in [6.07, 6.45) is 4.89. The second kappa shape index (κ2) is 9.37. The maximum atomic E-state index is 13.0. The molecule has 26 heavy (non-hydrogen) atoms. The summed E-state index contributed by atoms with van der Waals surface area (Å²) in [7, 11) is -2.20. The first kappa shape index (κ1) is 20.7. The van der Waals surface area contributed by atoms with E-state index in [0.717, 1.165) is 25.7 Å². The summed E-state index contributed by atoms with van der Waals surface area (Å²) in [6.45, 7) is 4.26. The maximum absolute atomic E-state index is 13.0. The first-order valence-corrected chi connectivity index (χ1v) is 10.7. The number of amides is 1. The average molecular weight is 383 g/mol. The number of rotatable bonds is 9. The smallest absolute Gasteiger partial charge is 0.243 e. The zero-order chi connectivity index (χ0) is 19.2. The zero-order valence-electron chi connectivity index (χ0n) is 15.9. The van der Waals surface area contributed by atoms with Gasteiger partial charge in [-0.05, 0) is 49.4 Å². The third-order valence-electron chi connectivity index (χ3n) is 4.69. The van der Waals surface area contributed by atoms with Gasteiger partial charge >= 0.3 is 0 Å². The molecule has 1 aliphatic rings. The highest BCUT2D eigenvalue weighted by Gasteiger charge is 2.28. The molecule has 0 radical (unpaired) electrons. The molecule has 1 saturated carbocycles. The van der Waals surface area contributed by atoms with Crippen molar-refractivity contribution in [3.63, 3.8) is 0 Å². The quantitative estimate of drug-likeness (QED) is 0.713. The van der Waals surface area contributed by atoms with E-state index in [0.29, 0.717) is 24.6 Å². The summed E-state index contributed by atoms with van der Waals surface area (Å²) >= 11 is 0. The van der Waals surface area contributed by atoms with Crippen LogP contribution in [0.2, 0.25) is 0 Å². The van der Waals surface area contributed by atoms with Crippen LogP contribution in [0, 0.1) is 5.92 Å². The fourth-order valence-corrected chi connectivity index (χ4v) is 4.50. The van der Waals surface area contributed by atoms with Crippen LogP contribution in [0.5, 0.6) is 5.75 Å². The number of hydrogen-bond donors (Lipinski definition) is 1. The molecule has 7 heteroatoms. The first-order valence-electron chi connectivity index (χ1n) is 9.26. The van der Waals surface area contributed by atoms with Crippen molar-refractivity contribution < 1.29 is 17.9 Å². The molecule has 1 aliphatic carbocycles. The van der Waals surface area contributed by atoms with Crippen molar-refractivity contribution in [3.8, 4) is 5.75 Å². The molecule has 146 valence electrons. The number of ether oxygens (including phenoxy) is 1. The molecule has 0 atom stereocenters. The average Bonchev–Trinajstić information content (AvgIpc) is 3.11. The number of hydrogen-bond acceptors (Lipinski definition) is 4. The second-order valence-corrected chi connectivity index (χ2v) is 9.18. The topological polar surface area (TPSA) is 75.7 Å². The van der Waals surface area contributed by atoms with Crippen LogP contribution in [0.4, 0.5) is 0 Å². The minimum atomic E-state index is -3.73. The highest BCUT2D eigenvalue weighted by molar-refractivity contribution is 7.89. The SMILES string of the molecule is COc1ccc(S(=O)(=O)N(CCC(C)C)CC(=O)NC2CCCC2)cc1. The third-order valence-corrected chi connectivity index (χ3v) is 6.55. The number of nitrogens with zero attached hydrogens (tertiary/aromatic N) is 1. The van der Waals surface area contributed by atoms with Crippen LogP contribution in [-0.2, 0) is 14.8 Å². The monoisotopic (exact) mass is 382 g/mol. The Kier molecular flexibility index (Phi) is 7.46. The van der Waals surface area contributed by atoms with Gasteiger partial charge in [0.05, 0.1) is 18.6 Å². The standard InChI is InChI=1S/C19H30N2O4S/c1-15(2)12-13-21(14-19(22)20-16-6-4-5-7-16)26(23,24)18-10-8-17(25-3)9-11-18/h8-11,15-16H,4-7,12-14H2,1-3H3,(H,20,22). The molecule has 1 aromatic rings. The largest absolute Gasteiger partial charge is 0.497 e. The summed E-state index contributed by atoms with van der Waals surface area (Å²) in [5.41, 5.74) is 0. The van der Waals surface area contributed by atoms with Gasteiger partial charge in [0, 0.05) is 12.6 Å². The molecular formula is C19H30N2O4S. The molecule has 2 rings (SSSR count). The summed E-state index contributed by atoms with van der Waals surface area (Å²) in [5, 5.41) is 2.97. The molecule has 0 bridgehead atoms. The minimum absolute atomic E-state index is 0.141. The van der Waals surface area contributed by atoms with Crippen LogP contribution in [-0.4, -0.2) is 44.9 Å². The van der Waals surface area contributed by atoms with E-state index >= 15 is 0 Å². The molecule has 1 amide bonds. The molecular weight excluding hydrogens is 352 g/mol. The Bertz CT molecular complexity index is 680. The second-order valence-electron chi connectivity index (χ2n) is 7.25. The van der Waals surface area contributed by atoms with Crippen molar-refractivity contribution in [3.05, 3.63) is 24.3 Å². The van der Waals surface area contributed by atoms with Crippen LogP contribution < -0.4 is 10.1 Å². The van der Waals surface area contributed by atoms with E-state index in [4.69, 9.17) is 4.74 Å². The van der Waals surface area contributed by atoms with E-state index in [1.165, 1.54) is 23.5 Å². The highest BCUT2D eigenvalue weighted by atomic mass is 32.2. The number of methoxy groups -OCH3 is 1. The van der Waals surface area contributed by atoms with Crippen LogP contribution in [0.3, 0.4) is 0 Å². The van der Waals surface area contributed by atoms with E-state index in [1.807, 2.05) is 13.8 Å².